The highest BCUT2D eigenvalue weighted by molar-refractivity contribution is 7.94. The molecular formula is C10H8N2O2S. The Kier molecular flexibility index (Phi) is 1.50. The molecule has 1 heterocycles. The standard InChI is InChI=1S/C10H8N2O2S/c13-15(14)11-8-5-1-3-7-4-2-6-9(12-15)10(7)8/h1-6,11-12H. The summed E-state index contributed by atoms with van der Waals surface area (Å²) in [5.41, 5.74) is 1.25. The van der Waals surface area contributed by atoms with E-state index in [9.17, 15) is 8.42 Å². The zero-order valence-electron chi connectivity index (χ0n) is 7.69. The van der Waals surface area contributed by atoms with Gasteiger partial charge < -0.3 is 0 Å². The van der Waals surface area contributed by atoms with Crippen molar-refractivity contribution in [2.75, 3.05) is 9.44 Å². The van der Waals surface area contributed by atoms with Gasteiger partial charge in [-0.1, -0.05) is 24.3 Å². The molecule has 0 fully saturated rings. The number of hydrogen-bond acceptors (Lipinski definition) is 2. The quantitative estimate of drug-likeness (QED) is 0.712. The topological polar surface area (TPSA) is 58.2 Å². The Morgan fingerprint density at radius 3 is 1.93 bits per heavy atom. The van der Waals surface area contributed by atoms with Crippen LogP contribution in [0.3, 0.4) is 0 Å². The average molecular weight is 220 g/mol. The SMILES string of the molecule is O=S1(=O)Nc2cccc3cccc(c23)N1. The Bertz CT molecular complexity index is 603. The Morgan fingerprint density at radius 2 is 1.40 bits per heavy atom. The van der Waals surface area contributed by atoms with Gasteiger partial charge in [0.05, 0.1) is 11.4 Å². The maximum Gasteiger partial charge on any atom is 0.321 e. The van der Waals surface area contributed by atoms with E-state index in [4.69, 9.17) is 0 Å². The van der Waals surface area contributed by atoms with Gasteiger partial charge in [0.1, 0.15) is 0 Å². The molecule has 2 aromatic carbocycles. The molecule has 0 saturated carbocycles. The van der Waals surface area contributed by atoms with E-state index in [1.54, 1.807) is 12.1 Å². The van der Waals surface area contributed by atoms with Crippen molar-refractivity contribution in [3.63, 3.8) is 0 Å². The van der Waals surface area contributed by atoms with E-state index in [0.29, 0.717) is 11.4 Å². The zero-order valence-corrected chi connectivity index (χ0v) is 8.51. The summed E-state index contributed by atoms with van der Waals surface area (Å²) in [5.74, 6) is 0. The van der Waals surface area contributed by atoms with Gasteiger partial charge in [0, 0.05) is 5.39 Å². The van der Waals surface area contributed by atoms with E-state index >= 15 is 0 Å². The fourth-order valence-electron chi connectivity index (χ4n) is 1.83. The highest BCUT2D eigenvalue weighted by Crippen LogP contribution is 2.34. The Labute approximate surface area is 87.1 Å². The van der Waals surface area contributed by atoms with Crippen molar-refractivity contribution in [3.05, 3.63) is 36.4 Å². The van der Waals surface area contributed by atoms with Gasteiger partial charge >= 0.3 is 10.2 Å². The number of rotatable bonds is 0. The lowest BCUT2D eigenvalue weighted by Gasteiger charge is -2.20. The van der Waals surface area contributed by atoms with Gasteiger partial charge in [-0.25, -0.2) is 0 Å². The summed E-state index contributed by atoms with van der Waals surface area (Å²) in [6, 6.07) is 11.1. The first-order valence-corrected chi connectivity index (χ1v) is 5.96. The maximum atomic E-state index is 11.4. The van der Waals surface area contributed by atoms with Crippen LogP contribution in [0.25, 0.3) is 10.8 Å². The van der Waals surface area contributed by atoms with Crippen LogP contribution in [-0.2, 0) is 10.2 Å². The molecule has 0 bridgehead atoms. The number of hydrogen-bond donors (Lipinski definition) is 2. The molecule has 15 heavy (non-hydrogen) atoms. The summed E-state index contributed by atoms with van der Waals surface area (Å²) < 4.78 is 27.8. The molecule has 0 unspecified atom stereocenters. The second-order valence-corrected chi connectivity index (χ2v) is 4.83. The number of benzene rings is 2. The molecule has 0 amide bonds. The van der Waals surface area contributed by atoms with Gasteiger partial charge in [0.15, 0.2) is 0 Å². The highest BCUT2D eigenvalue weighted by Gasteiger charge is 2.20. The van der Waals surface area contributed by atoms with Gasteiger partial charge in [0.2, 0.25) is 0 Å². The van der Waals surface area contributed by atoms with E-state index in [0.717, 1.165) is 10.8 Å². The smallest absolute Gasteiger partial charge is 0.266 e. The van der Waals surface area contributed by atoms with E-state index in [-0.39, 0.29) is 0 Å². The molecule has 1 aliphatic heterocycles. The van der Waals surface area contributed by atoms with Crippen molar-refractivity contribution in [3.8, 4) is 0 Å². The van der Waals surface area contributed by atoms with Crippen LogP contribution in [0, 0.1) is 0 Å². The normalized spacial score (nSPS) is 16.8. The molecule has 2 aromatic rings. The zero-order chi connectivity index (χ0) is 10.5. The summed E-state index contributed by atoms with van der Waals surface area (Å²) in [4.78, 5) is 0. The van der Waals surface area contributed by atoms with E-state index < -0.39 is 10.2 Å². The summed E-state index contributed by atoms with van der Waals surface area (Å²) in [6.45, 7) is 0. The minimum Gasteiger partial charge on any atom is -0.266 e. The summed E-state index contributed by atoms with van der Waals surface area (Å²) in [7, 11) is -3.44. The van der Waals surface area contributed by atoms with Crippen LogP contribution < -0.4 is 9.44 Å². The second-order valence-electron chi connectivity index (χ2n) is 3.42. The Morgan fingerprint density at radius 1 is 0.867 bits per heavy atom. The first-order valence-electron chi connectivity index (χ1n) is 4.48. The van der Waals surface area contributed by atoms with Gasteiger partial charge in [-0.2, -0.15) is 8.42 Å². The number of nitrogens with one attached hydrogen (secondary N) is 2. The third-order valence-electron chi connectivity index (χ3n) is 2.39. The van der Waals surface area contributed by atoms with Gasteiger partial charge in [-0.15, -0.1) is 0 Å². The van der Waals surface area contributed by atoms with Crippen molar-refractivity contribution in [2.45, 2.75) is 0 Å². The predicted octanol–water partition coefficient (Wildman–Crippen LogP) is 1.92. The first-order chi connectivity index (χ1) is 7.16. The van der Waals surface area contributed by atoms with Crippen LogP contribution in [0.2, 0.25) is 0 Å². The second kappa shape index (κ2) is 2.64. The predicted molar refractivity (Wildman–Crippen MR) is 60.1 cm³/mol. The third-order valence-corrected chi connectivity index (χ3v) is 3.37. The minimum atomic E-state index is -3.44. The molecule has 5 heteroatoms. The Hall–Kier alpha value is -1.75. The molecule has 0 spiro atoms. The molecule has 76 valence electrons. The van der Waals surface area contributed by atoms with Gasteiger partial charge in [-0.3, -0.25) is 9.44 Å². The average Bonchev–Trinajstić information content (AvgIpc) is 2.16. The van der Waals surface area contributed by atoms with Crippen LogP contribution in [-0.4, -0.2) is 8.42 Å². The largest absolute Gasteiger partial charge is 0.321 e. The van der Waals surface area contributed by atoms with Gasteiger partial charge in [0.25, 0.3) is 0 Å². The monoisotopic (exact) mass is 220 g/mol. The molecule has 2 N–H and O–H groups in total. The van der Waals surface area contributed by atoms with Crippen molar-refractivity contribution in [2.24, 2.45) is 0 Å². The maximum absolute atomic E-state index is 11.4. The molecule has 1 aliphatic rings. The molecular weight excluding hydrogens is 212 g/mol. The molecule has 0 radical (unpaired) electrons. The highest BCUT2D eigenvalue weighted by atomic mass is 32.2. The molecule has 0 aromatic heterocycles. The van der Waals surface area contributed by atoms with Gasteiger partial charge in [-0.05, 0) is 17.5 Å². The fourth-order valence-corrected chi connectivity index (χ4v) is 2.80. The van der Waals surface area contributed by atoms with Crippen molar-refractivity contribution < 1.29 is 8.42 Å². The number of anilines is 2. The van der Waals surface area contributed by atoms with Crippen LogP contribution >= 0.6 is 0 Å². The lowest BCUT2D eigenvalue weighted by atomic mass is 10.1. The van der Waals surface area contributed by atoms with Crippen LogP contribution in [0.15, 0.2) is 36.4 Å². The summed E-state index contributed by atoms with van der Waals surface area (Å²) in [5, 5.41) is 1.93. The molecule has 4 nitrogen and oxygen atoms in total. The first kappa shape index (κ1) is 8.55. The molecule has 3 rings (SSSR count). The Balaban J connectivity index is 2.46. The molecule has 0 aliphatic carbocycles. The third kappa shape index (κ3) is 1.24. The minimum absolute atomic E-state index is 0.627. The van der Waals surface area contributed by atoms with Crippen molar-refractivity contribution in [1.82, 2.24) is 0 Å². The van der Waals surface area contributed by atoms with Crippen molar-refractivity contribution >= 4 is 32.4 Å². The van der Waals surface area contributed by atoms with Crippen LogP contribution in [0.5, 0.6) is 0 Å². The summed E-state index contributed by atoms with van der Waals surface area (Å²) in [6.07, 6.45) is 0. The van der Waals surface area contributed by atoms with Crippen LogP contribution in [0.1, 0.15) is 0 Å². The van der Waals surface area contributed by atoms with Crippen molar-refractivity contribution in [1.29, 1.82) is 0 Å². The molecule has 0 saturated heterocycles. The van der Waals surface area contributed by atoms with E-state index in [1.165, 1.54) is 0 Å². The fraction of sp³-hybridized carbons (Fsp3) is 0. The van der Waals surface area contributed by atoms with E-state index in [2.05, 4.69) is 9.44 Å². The molecule has 0 atom stereocenters. The van der Waals surface area contributed by atoms with E-state index in [1.807, 2.05) is 24.3 Å². The lowest BCUT2D eigenvalue weighted by molar-refractivity contribution is 0.606. The summed E-state index contributed by atoms with van der Waals surface area (Å²) >= 11 is 0. The van der Waals surface area contributed by atoms with Crippen LogP contribution in [0.4, 0.5) is 11.4 Å². The lowest BCUT2D eigenvalue weighted by Crippen LogP contribution is -2.25.